The van der Waals surface area contributed by atoms with E-state index in [-0.39, 0.29) is 0 Å². The molecule has 0 bridgehead atoms. The Kier molecular flexibility index (Phi) is 4.29. The van der Waals surface area contributed by atoms with E-state index in [1.54, 1.807) is 20.0 Å². The molecule has 0 spiro atoms. The summed E-state index contributed by atoms with van der Waals surface area (Å²) in [5, 5.41) is 0. The maximum absolute atomic E-state index is 5.12. The van der Waals surface area contributed by atoms with Gasteiger partial charge in [0, 0.05) is 14.0 Å². The zero-order chi connectivity index (χ0) is 7.98. The van der Waals surface area contributed by atoms with Crippen LogP contribution in [0.5, 0.6) is 0 Å². The Labute approximate surface area is 61.9 Å². The molecule has 2 heteroatoms. The topological polar surface area (TPSA) is 21.6 Å². The Morgan fingerprint density at radius 3 is 2.70 bits per heavy atom. The summed E-state index contributed by atoms with van der Waals surface area (Å²) >= 11 is 0. The predicted molar refractivity (Wildman–Crippen MR) is 44.3 cm³/mol. The summed E-state index contributed by atoms with van der Waals surface area (Å²) in [5.74, 6) is 0.669. The molecule has 0 amide bonds. The lowest BCUT2D eigenvalue weighted by Gasteiger charge is -2.02. The molecule has 0 N–H and O–H groups in total. The number of nitrogens with zero attached hydrogens (tertiary/aromatic N) is 1. The van der Waals surface area contributed by atoms with Crippen LogP contribution in [-0.4, -0.2) is 19.6 Å². The van der Waals surface area contributed by atoms with E-state index in [2.05, 4.69) is 18.2 Å². The van der Waals surface area contributed by atoms with Gasteiger partial charge in [-0.1, -0.05) is 19.2 Å². The summed E-state index contributed by atoms with van der Waals surface area (Å²) in [6.45, 7) is 9.51. The van der Waals surface area contributed by atoms with Gasteiger partial charge in [0.25, 0.3) is 0 Å². The van der Waals surface area contributed by atoms with Gasteiger partial charge in [0.15, 0.2) is 5.90 Å². The van der Waals surface area contributed by atoms with Crippen LogP contribution in [0, 0.1) is 0 Å². The van der Waals surface area contributed by atoms with Crippen LogP contribution in [0.25, 0.3) is 0 Å². The van der Waals surface area contributed by atoms with Crippen LogP contribution < -0.4 is 0 Å². The maximum atomic E-state index is 5.12. The van der Waals surface area contributed by atoms with Gasteiger partial charge in [-0.25, -0.2) is 0 Å². The molecular formula is C8H13NO. The minimum absolute atomic E-state index is 0.479. The molecule has 0 rings (SSSR count). The van der Waals surface area contributed by atoms with Crippen molar-refractivity contribution < 1.29 is 4.74 Å². The number of ether oxygens (including phenoxy) is 1. The number of hydrogen-bond acceptors (Lipinski definition) is 2. The minimum atomic E-state index is 0.479. The second kappa shape index (κ2) is 4.79. The molecule has 0 aliphatic rings. The van der Waals surface area contributed by atoms with Crippen molar-refractivity contribution in [2.45, 2.75) is 6.92 Å². The molecule has 0 aliphatic heterocycles. The van der Waals surface area contributed by atoms with Crippen LogP contribution in [0.2, 0.25) is 0 Å². The van der Waals surface area contributed by atoms with Crippen LogP contribution in [0.4, 0.5) is 0 Å². The first-order chi connectivity index (χ1) is 4.70. The molecule has 0 aromatic rings. The number of aliphatic imine (C=N–C) groups is 1. The number of rotatable bonds is 3. The molecule has 0 fully saturated rings. The monoisotopic (exact) mass is 139 g/mol. The van der Waals surface area contributed by atoms with Gasteiger partial charge in [-0.3, -0.25) is 4.99 Å². The van der Waals surface area contributed by atoms with E-state index in [1.165, 1.54) is 0 Å². The summed E-state index contributed by atoms with van der Waals surface area (Å²) in [4.78, 5) is 3.81. The molecule has 0 aromatic carbocycles. The van der Waals surface area contributed by atoms with E-state index >= 15 is 0 Å². The third kappa shape index (κ3) is 3.89. The molecule has 56 valence electrons. The largest absolute Gasteiger partial charge is 0.476 e. The zero-order valence-corrected chi connectivity index (χ0v) is 6.55. The van der Waals surface area contributed by atoms with Gasteiger partial charge in [0.2, 0.25) is 0 Å². The van der Waals surface area contributed by atoms with Gasteiger partial charge in [0.1, 0.15) is 6.61 Å². The quantitative estimate of drug-likeness (QED) is 0.332. The predicted octanol–water partition coefficient (Wildman–Crippen LogP) is 1.79. The van der Waals surface area contributed by atoms with Gasteiger partial charge < -0.3 is 4.74 Å². The minimum Gasteiger partial charge on any atom is -0.476 e. The van der Waals surface area contributed by atoms with Gasteiger partial charge in [0.05, 0.1) is 0 Å². The molecule has 0 unspecified atom stereocenters. The Hall–Kier alpha value is -1.05. The van der Waals surface area contributed by atoms with Crippen molar-refractivity contribution in [3.8, 4) is 0 Å². The lowest BCUT2D eigenvalue weighted by Crippen LogP contribution is -2.01. The molecule has 0 heterocycles. The number of hydrogen-bond donors (Lipinski definition) is 0. The van der Waals surface area contributed by atoms with Crippen LogP contribution in [0.15, 0.2) is 29.8 Å². The molecule has 0 atom stereocenters. The van der Waals surface area contributed by atoms with Gasteiger partial charge in [-0.2, -0.15) is 0 Å². The molecule has 0 saturated heterocycles. The van der Waals surface area contributed by atoms with Crippen LogP contribution in [0.1, 0.15) is 6.92 Å². The molecule has 2 nitrogen and oxygen atoms in total. The van der Waals surface area contributed by atoms with E-state index in [0.29, 0.717) is 12.5 Å². The fraction of sp³-hybridized carbons (Fsp3) is 0.375. The van der Waals surface area contributed by atoms with Gasteiger partial charge in [-0.05, 0) is 5.57 Å². The smallest absolute Gasteiger partial charge is 0.180 e. The Morgan fingerprint density at radius 1 is 1.70 bits per heavy atom. The van der Waals surface area contributed by atoms with Gasteiger partial charge in [-0.15, -0.1) is 0 Å². The van der Waals surface area contributed by atoms with E-state index < -0.39 is 0 Å². The standard InChI is InChI=1S/C8H13NO/c1-5-7(2)6-10-8(3)9-4/h5H,1-2,6H2,3-4H3. The van der Waals surface area contributed by atoms with Crippen molar-refractivity contribution in [2.75, 3.05) is 13.7 Å². The van der Waals surface area contributed by atoms with Crippen molar-refractivity contribution in [1.82, 2.24) is 0 Å². The molecular weight excluding hydrogens is 126 g/mol. The van der Waals surface area contributed by atoms with Crippen molar-refractivity contribution in [3.05, 3.63) is 24.8 Å². The fourth-order valence-electron chi connectivity index (χ4n) is 0.321. The lowest BCUT2D eigenvalue weighted by atomic mass is 10.3. The highest BCUT2D eigenvalue weighted by atomic mass is 16.5. The highest BCUT2D eigenvalue weighted by Crippen LogP contribution is 1.92. The van der Waals surface area contributed by atoms with Crippen molar-refractivity contribution >= 4 is 5.90 Å². The molecule has 0 saturated carbocycles. The Morgan fingerprint density at radius 2 is 2.30 bits per heavy atom. The second-order valence-electron chi connectivity index (χ2n) is 1.89. The van der Waals surface area contributed by atoms with Gasteiger partial charge >= 0.3 is 0 Å². The molecule has 10 heavy (non-hydrogen) atoms. The highest BCUT2D eigenvalue weighted by Gasteiger charge is 1.89. The zero-order valence-electron chi connectivity index (χ0n) is 6.55. The van der Waals surface area contributed by atoms with Crippen LogP contribution in [0.3, 0.4) is 0 Å². The first-order valence-electron chi connectivity index (χ1n) is 3.07. The first-order valence-corrected chi connectivity index (χ1v) is 3.07. The van der Waals surface area contributed by atoms with Crippen molar-refractivity contribution in [3.63, 3.8) is 0 Å². The fourth-order valence-corrected chi connectivity index (χ4v) is 0.321. The highest BCUT2D eigenvalue weighted by molar-refractivity contribution is 5.73. The van der Waals surface area contributed by atoms with E-state index in [0.717, 1.165) is 5.57 Å². The lowest BCUT2D eigenvalue weighted by molar-refractivity contribution is 0.340. The van der Waals surface area contributed by atoms with Crippen molar-refractivity contribution in [2.24, 2.45) is 4.99 Å². The SMILES string of the molecule is C=CC(=C)COC(C)=NC. The molecule has 0 radical (unpaired) electrons. The third-order valence-electron chi connectivity index (χ3n) is 1.07. The van der Waals surface area contributed by atoms with E-state index in [1.807, 2.05) is 0 Å². The molecule has 0 aliphatic carbocycles. The summed E-state index contributed by atoms with van der Waals surface area (Å²) in [6, 6.07) is 0. The van der Waals surface area contributed by atoms with E-state index in [9.17, 15) is 0 Å². The Bertz CT molecular complexity index is 157. The van der Waals surface area contributed by atoms with Crippen LogP contribution >= 0.6 is 0 Å². The third-order valence-corrected chi connectivity index (χ3v) is 1.07. The molecule has 0 aromatic heterocycles. The average molecular weight is 139 g/mol. The average Bonchev–Trinajstić information content (AvgIpc) is 1.99. The second-order valence-corrected chi connectivity index (χ2v) is 1.89. The summed E-state index contributed by atoms with van der Waals surface area (Å²) < 4.78 is 5.12. The summed E-state index contributed by atoms with van der Waals surface area (Å²) in [5.41, 5.74) is 0.864. The first kappa shape index (κ1) is 8.95. The van der Waals surface area contributed by atoms with Crippen LogP contribution in [-0.2, 0) is 4.74 Å². The normalized spacial score (nSPS) is 10.8. The maximum Gasteiger partial charge on any atom is 0.180 e. The van der Waals surface area contributed by atoms with E-state index in [4.69, 9.17) is 4.74 Å². The summed E-state index contributed by atoms with van der Waals surface area (Å²) in [6.07, 6.45) is 1.67. The Balaban J connectivity index is 3.55. The van der Waals surface area contributed by atoms with Crippen molar-refractivity contribution in [1.29, 1.82) is 0 Å². The summed E-state index contributed by atoms with van der Waals surface area (Å²) in [7, 11) is 1.69.